The lowest BCUT2D eigenvalue weighted by molar-refractivity contribution is -0.132. The molecule has 0 spiro atoms. The summed E-state index contributed by atoms with van der Waals surface area (Å²) < 4.78 is 13.9. The fraction of sp³-hybridized carbons (Fsp3) is 0.889. The number of amides is 1. The first-order valence-electron chi connectivity index (χ1n) is 4.63. The van der Waals surface area contributed by atoms with Crippen molar-refractivity contribution in [3.63, 3.8) is 0 Å². The largest absolute Gasteiger partial charge is 0.349 e. The summed E-state index contributed by atoms with van der Waals surface area (Å²) in [5, 5.41) is 3.08. The van der Waals surface area contributed by atoms with Crippen LogP contribution in [0.4, 0.5) is 4.39 Å². The van der Waals surface area contributed by atoms with Crippen LogP contribution < -0.4 is 5.32 Å². The van der Waals surface area contributed by atoms with Crippen molar-refractivity contribution in [3.05, 3.63) is 0 Å². The van der Waals surface area contributed by atoms with E-state index < -0.39 is 5.67 Å². The van der Waals surface area contributed by atoms with Crippen molar-refractivity contribution in [1.82, 2.24) is 10.2 Å². The molecule has 1 N–H and O–H groups in total. The number of carbonyl (C=O) groups excluding carboxylic acids is 1. The van der Waals surface area contributed by atoms with Crippen LogP contribution in [-0.4, -0.2) is 43.7 Å². The van der Waals surface area contributed by atoms with Crippen LogP contribution >= 0.6 is 0 Å². The molecular weight excluding hydrogens is 171 g/mol. The fourth-order valence-corrected chi connectivity index (χ4v) is 1.48. The van der Waals surface area contributed by atoms with Crippen LogP contribution in [0.3, 0.4) is 0 Å². The van der Waals surface area contributed by atoms with Gasteiger partial charge in [-0.05, 0) is 25.9 Å². The van der Waals surface area contributed by atoms with E-state index in [1.165, 1.54) is 4.90 Å². The molecule has 1 fully saturated rings. The molecule has 0 aromatic carbocycles. The van der Waals surface area contributed by atoms with E-state index in [2.05, 4.69) is 5.32 Å². The zero-order chi connectivity index (χ0) is 9.90. The Bertz CT molecular complexity index is 188. The Hall–Kier alpha value is -0.640. The molecule has 1 aliphatic heterocycles. The first-order chi connectivity index (χ1) is 6.03. The van der Waals surface area contributed by atoms with Crippen molar-refractivity contribution >= 4 is 5.91 Å². The summed E-state index contributed by atoms with van der Waals surface area (Å²) in [6.45, 7) is 1.36. The molecule has 13 heavy (non-hydrogen) atoms. The van der Waals surface area contributed by atoms with E-state index in [-0.39, 0.29) is 12.3 Å². The van der Waals surface area contributed by atoms with Gasteiger partial charge >= 0.3 is 0 Å². The quantitative estimate of drug-likeness (QED) is 0.686. The third-order valence-electron chi connectivity index (χ3n) is 2.47. The van der Waals surface area contributed by atoms with Gasteiger partial charge in [0.05, 0.1) is 6.42 Å². The third kappa shape index (κ3) is 2.95. The van der Waals surface area contributed by atoms with Crippen molar-refractivity contribution < 1.29 is 9.18 Å². The molecule has 0 aromatic heterocycles. The SMILES string of the molecule is CN(C)C(=O)CC1(F)CCNCC1. The van der Waals surface area contributed by atoms with Crippen LogP contribution in [0.15, 0.2) is 0 Å². The van der Waals surface area contributed by atoms with E-state index in [0.29, 0.717) is 25.9 Å². The van der Waals surface area contributed by atoms with Gasteiger partial charge in [0.1, 0.15) is 5.67 Å². The maximum Gasteiger partial charge on any atom is 0.225 e. The molecule has 1 aliphatic rings. The molecule has 0 saturated carbocycles. The Kier molecular flexibility index (Phi) is 3.25. The fourth-order valence-electron chi connectivity index (χ4n) is 1.48. The van der Waals surface area contributed by atoms with Crippen LogP contribution in [0, 0.1) is 0 Å². The van der Waals surface area contributed by atoms with Gasteiger partial charge in [0.25, 0.3) is 0 Å². The number of halogens is 1. The van der Waals surface area contributed by atoms with Gasteiger partial charge in [0, 0.05) is 14.1 Å². The van der Waals surface area contributed by atoms with Gasteiger partial charge in [-0.25, -0.2) is 4.39 Å². The Morgan fingerprint density at radius 2 is 2.00 bits per heavy atom. The van der Waals surface area contributed by atoms with Crippen molar-refractivity contribution in [3.8, 4) is 0 Å². The Labute approximate surface area is 78.3 Å². The van der Waals surface area contributed by atoms with Crippen LogP contribution in [0.25, 0.3) is 0 Å². The molecule has 1 amide bonds. The molecule has 0 radical (unpaired) electrons. The second-order valence-corrected chi connectivity index (χ2v) is 3.87. The summed E-state index contributed by atoms with van der Waals surface area (Å²) in [5.41, 5.74) is -1.27. The van der Waals surface area contributed by atoms with Crippen molar-refractivity contribution in [1.29, 1.82) is 0 Å². The summed E-state index contributed by atoms with van der Waals surface area (Å²) in [4.78, 5) is 12.7. The summed E-state index contributed by atoms with van der Waals surface area (Å²) >= 11 is 0. The van der Waals surface area contributed by atoms with Gasteiger partial charge < -0.3 is 10.2 Å². The van der Waals surface area contributed by atoms with Gasteiger partial charge in [0.15, 0.2) is 0 Å². The monoisotopic (exact) mass is 188 g/mol. The van der Waals surface area contributed by atoms with Crippen molar-refractivity contribution in [2.45, 2.75) is 24.9 Å². The lowest BCUT2D eigenvalue weighted by Gasteiger charge is -2.30. The first-order valence-corrected chi connectivity index (χ1v) is 4.63. The summed E-state index contributed by atoms with van der Waals surface area (Å²) in [6, 6.07) is 0. The number of rotatable bonds is 2. The van der Waals surface area contributed by atoms with Gasteiger partial charge in [0.2, 0.25) is 5.91 Å². The number of hydrogen-bond acceptors (Lipinski definition) is 2. The number of hydrogen-bond donors (Lipinski definition) is 1. The van der Waals surface area contributed by atoms with Gasteiger partial charge in [-0.1, -0.05) is 0 Å². The molecule has 0 aliphatic carbocycles. The number of carbonyl (C=O) groups is 1. The van der Waals surface area contributed by atoms with E-state index in [4.69, 9.17) is 0 Å². The summed E-state index contributed by atoms with van der Waals surface area (Å²) in [5.74, 6) is -0.121. The molecular formula is C9H17FN2O. The lowest BCUT2D eigenvalue weighted by Crippen LogP contribution is -2.42. The standard InChI is InChI=1S/C9H17FN2O/c1-12(2)8(13)7-9(10)3-5-11-6-4-9/h11H,3-7H2,1-2H3. The van der Waals surface area contributed by atoms with E-state index in [9.17, 15) is 9.18 Å². The van der Waals surface area contributed by atoms with Crippen molar-refractivity contribution in [2.24, 2.45) is 0 Å². The maximum absolute atomic E-state index is 13.9. The predicted molar refractivity (Wildman–Crippen MR) is 49.3 cm³/mol. The Morgan fingerprint density at radius 3 is 2.46 bits per heavy atom. The second-order valence-electron chi connectivity index (χ2n) is 3.87. The lowest BCUT2D eigenvalue weighted by atomic mass is 9.90. The first kappa shape index (κ1) is 10.4. The second kappa shape index (κ2) is 4.05. The minimum Gasteiger partial charge on any atom is -0.349 e. The average Bonchev–Trinajstić information content (AvgIpc) is 2.04. The third-order valence-corrected chi connectivity index (χ3v) is 2.47. The predicted octanol–water partition coefficient (Wildman–Crippen LogP) is 0.556. The maximum atomic E-state index is 13.9. The van der Waals surface area contributed by atoms with Gasteiger partial charge in [-0.2, -0.15) is 0 Å². The molecule has 0 bridgehead atoms. The highest BCUT2D eigenvalue weighted by Gasteiger charge is 2.34. The van der Waals surface area contributed by atoms with Crippen LogP contribution in [0.1, 0.15) is 19.3 Å². The summed E-state index contributed by atoms with van der Waals surface area (Å²) in [7, 11) is 3.32. The molecule has 1 heterocycles. The number of nitrogens with zero attached hydrogens (tertiary/aromatic N) is 1. The van der Waals surface area contributed by atoms with Gasteiger partial charge in [-0.15, -0.1) is 0 Å². The van der Waals surface area contributed by atoms with Crippen LogP contribution in [-0.2, 0) is 4.79 Å². The van der Waals surface area contributed by atoms with E-state index >= 15 is 0 Å². The highest BCUT2D eigenvalue weighted by Crippen LogP contribution is 2.27. The highest BCUT2D eigenvalue weighted by atomic mass is 19.1. The molecule has 3 nitrogen and oxygen atoms in total. The Balaban J connectivity index is 2.45. The van der Waals surface area contributed by atoms with Crippen LogP contribution in [0.2, 0.25) is 0 Å². The Morgan fingerprint density at radius 1 is 1.46 bits per heavy atom. The molecule has 0 unspecified atom stereocenters. The average molecular weight is 188 g/mol. The number of nitrogens with one attached hydrogen (secondary N) is 1. The highest BCUT2D eigenvalue weighted by molar-refractivity contribution is 5.76. The topological polar surface area (TPSA) is 32.3 Å². The van der Waals surface area contributed by atoms with Crippen LogP contribution in [0.5, 0.6) is 0 Å². The van der Waals surface area contributed by atoms with E-state index in [1.54, 1.807) is 14.1 Å². The molecule has 1 saturated heterocycles. The number of alkyl halides is 1. The van der Waals surface area contributed by atoms with E-state index in [1.807, 2.05) is 0 Å². The van der Waals surface area contributed by atoms with Gasteiger partial charge in [-0.3, -0.25) is 4.79 Å². The minimum absolute atomic E-state index is 0.0294. The molecule has 76 valence electrons. The molecule has 1 rings (SSSR count). The zero-order valence-corrected chi connectivity index (χ0v) is 8.27. The molecule has 0 atom stereocenters. The van der Waals surface area contributed by atoms with Crippen molar-refractivity contribution in [2.75, 3.05) is 27.2 Å². The normalized spacial score (nSPS) is 21.2. The molecule has 0 aromatic rings. The summed E-state index contributed by atoms with van der Waals surface area (Å²) in [6.07, 6.45) is 0.931. The number of piperidine rings is 1. The zero-order valence-electron chi connectivity index (χ0n) is 8.27. The van der Waals surface area contributed by atoms with E-state index in [0.717, 1.165) is 0 Å². The smallest absolute Gasteiger partial charge is 0.225 e. The minimum atomic E-state index is -1.27. The molecule has 4 heteroatoms.